The molecular weight excluding hydrogens is 262 g/mol. The van der Waals surface area contributed by atoms with E-state index in [-0.39, 0.29) is 11.6 Å². The Balaban J connectivity index is 2.08. The molecule has 1 aromatic carbocycles. The molecule has 0 spiro atoms. The van der Waals surface area contributed by atoms with Crippen molar-refractivity contribution < 1.29 is 8.78 Å². The number of halogens is 2. The number of hydrogen-bond donors (Lipinski definition) is 2. The van der Waals surface area contributed by atoms with Crippen molar-refractivity contribution in [3.8, 4) is 0 Å². The standard InChI is InChI=1S/C14H10F2N4/c15-10-6-11(16)14(20-13(10)17)19-12-3-1-2-8-4-5-18-7-9(8)12/h1-7H,(H3,17,19,20). The maximum absolute atomic E-state index is 13.7. The van der Waals surface area contributed by atoms with Crippen molar-refractivity contribution in [1.82, 2.24) is 9.97 Å². The highest BCUT2D eigenvalue weighted by molar-refractivity contribution is 5.94. The third-order valence-electron chi connectivity index (χ3n) is 2.89. The smallest absolute Gasteiger partial charge is 0.169 e. The normalized spacial score (nSPS) is 10.7. The molecule has 100 valence electrons. The molecule has 4 nitrogen and oxygen atoms in total. The highest BCUT2D eigenvalue weighted by Gasteiger charge is 2.11. The quantitative estimate of drug-likeness (QED) is 0.751. The van der Waals surface area contributed by atoms with Crippen LogP contribution in [0.25, 0.3) is 10.8 Å². The lowest BCUT2D eigenvalue weighted by molar-refractivity contribution is 0.581. The Labute approximate surface area is 113 Å². The minimum atomic E-state index is -0.882. The third-order valence-corrected chi connectivity index (χ3v) is 2.89. The largest absolute Gasteiger partial charge is 0.381 e. The molecule has 0 saturated heterocycles. The summed E-state index contributed by atoms with van der Waals surface area (Å²) in [5.74, 6) is -2.17. The van der Waals surface area contributed by atoms with Gasteiger partial charge in [0.15, 0.2) is 23.3 Å². The van der Waals surface area contributed by atoms with Crippen LogP contribution in [0.3, 0.4) is 0 Å². The predicted octanol–water partition coefficient (Wildman–Crippen LogP) is 3.23. The van der Waals surface area contributed by atoms with Gasteiger partial charge in [-0.3, -0.25) is 4.98 Å². The van der Waals surface area contributed by atoms with Crippen LogP contribution < -0.4 is 11.1 Å². The van der Waals surface area contributed by atoms with Crippen molar-refractivity contribution in [1.29, 1.82) is 0 Å². The van der Waals surface area contributed by atoms with E-state index >= 15 is 0 Å². The molecule has 0 radical (unpaired) electrons. The molecule has 2 aromatic heterocycles. The predicted molar refractivity (Wildman–Crippen MR) is 73.6 cm³/mol. The lowest BCUT2D eigenvalue weighted by atomic mass is 10.1. The van der Waals surface area contributed by atoms with E-state index in [0.29, 0.717) is 11.8 Å². The van der Waals surface area contributed by atoms with E-state index in [0.717, 1.165) is 10.8 Å². The van der Waals surface area contributed by atoms with E-state index < -0.39 is 11.6 Å². The van der Waals surface area contributed by atoms with Gasteiger partial charge in [-0.05, 0) is 17.5 Å². The van der Waals surface area contributed by atoms with Gasteiger partial charge in [0.2, 0.25) is 0 Å². The first-order valence-corrected chi connectivity index (χ1v) is 5.86. The number of hydrogen-bond acceptors (Lipinski definition) is 4. The van der Waals surface area contributed by atoms with Crippen LogP contribution in [0.1, 0.15) is 0 Å². The van der Waals surface area contributed by atoms with E-state index in [4.69, 9.17) is 5.73 Å². The van der Waals surface area contributed by atoms with Crippen LogP contribution >= 0.6 is 0 Å². The number of fused-ring (bicyclic) bond motifs is 1. The third kappa shape index (κ3) is 2.11. The Morgan fingerprint density at radius 1 is 1.10 bits per heavy atom. The van der Waals surface area contributed by atoms with Crippen molar-refractivity contribution in [2.75, 3.05) is 11.1 Å². The Hall–Kier alpha value is -2.76. The molecule has 0 atom stereocenters. The second kappa shape index (κ2) is 4.73. The summed E-state index contributed by atoms with van der Waals surface area (Å²) < 4.78 is 26.8. The molecule has 2 heterocycles. The average molecular weight is 272 g/mol. The van der Waals surface area contributed by atoms with Gasteiger partial charge in [-0.15, -0.1) is 0 Å². The van der Waals surface area contributed by atoms with Gasteiger partial charge in [0.05, 0.1) is 0 Å². The van der Waals surface area contributed by atoms with Crippen LogP contribution in [0.2, 0.25) is 0 Å². The van der Waals surface area contributed by atoms with Crippen LogP contribution in [-0.4, -0.2) is 9.97 Å². The molecule has 0 saturated carbocycles. The molecule has 0 unspecified atom stereocenters. The first-order valence-electron chi connectivity index (χ1n) is 5.86. The number of aromatic nitrogens is 2. The molecule has 3 aromatic rings. The van der Waals surface area contributed by atoms with Crippen molar-refractivity contribution in [2.24, 2.45) is 0 Å². The van der Waals surface area contributed by atoms with Gasteiger partial charge in [-0.2, -0.15) is 0 Å². The van der Waals surface area contributed by atoms with Crippen LogP contribution in [0, 0.1) is 11.6 Å². The molecule has 0 amide bonds. The second-order valence-electron chi connectivity index (χ2n) is 4.21. The van der Waals surface area contributed by atoms with Gasteiger partial charge in [-0.25, -0.2) is 13.8 Å². The summed E-state index contributed by atoms with van der Waals surface area (Å²) in [4.78, 5) is 7.70. The number of nitrogens with zero attached hydrogens (tertiary/aromatic N) is 2. The molecule has 3 N–H and O–H groups in total. The molecule has 6 heteroatoms. The van der Waals surface area contributed by atoms with Crippen molar-refractivity contribution in [2.45, 2.75) is 0 Å². The number of nitrogen functional groups attached to an aromatic ring is 1. The molecule has 0 fully saturated rings. The molecule has 0 bridgehead atoms. The molecule has 0 aliphatic carbocycles. The second-order valence-corrected chi connectivity index (χ2v) is 4.21. The summed E-state index contributed by atoms with van der Waals surface area (Å²) in [7, 11) is 0. The van der Waals surface area contributed by atoms with Crippen LogP contribution in [-0.2, 0) is 0 Å². The van der Waals surface area contributed by atoms with E-state index in [1.54, 1.807) is 18.5 Å². The fourth-order valence-electron chi connectivity index (χ4n) is 1.92. The fourth-order valence-corrected chi connectivity index (χ4v) is 1.92. The van der Waals surface area contributed by atoms with Crippen molar-refractivity contribution >= 4 is 28.1 Å². The van der Waals surface area contributed by atoms with Gasteiger partial charge in [-0.1, -0.05) is 12.1 Å². The van der Waals surface area contributed by atoms with E-state index in [1.807, 2.05) is 18.2 Å². The zero-order valence-electron chi connectivity index (χ0n) is 10.3. The number of anilines is 3. The fraction of sp³-hybridized carbons (Fsp3) is 0. The highest BCUT2D eigenvalue weighted by atomic mass is 19.1. The Bertz CT molecular complexity index is 784. The summed E-state index contributed by atoms with van der Waals surface area (Å²) in [6, 6.07) is 8.02. The summed E-state index contributed by atoms with van der Waals surface area (Å²) >= 11 is 0. The summed E-state index contributed by atoms with van der Waals surface area (Å²) in [6.45, 7) is 0. The zero-order valence-corrected chi connectivity index (χ0v) is 10.3. The number of benzene rings is 1. The minimum absolute atomic E-state index is 0.125. The average Bonchev–Trinajstić information content (AvgIpc) is 2.45. The summed E-state index contributed by atoms with van der Waals surface area (Å²) in [6.07, 6.45) is 3.32. The number of nitrogens with two attached hydrogens (primary N) is 1. The van der Waals surface area contributed by atoms with Gasteiger partial charge < -0.3 is 11.1 Å². The van der Waals surface area contributed by atoms with E-state index in [1.165, 1.54) is 0 Å². The first-order chi connectivity index (χ1) is 9.65. The summed E-state index contributed by atoms with van der Waals surface area (Å²) in [5, 5.41) is 4.56. The first kappa shape index (κ1) is 12.3. The highest BCUT2D eigenvalue weighted by Crippen LogP contribution is 2.27. The summed E-state index contributed by atoms with van der Waals surface area (Å²) in [5.41, 5.74) is 5.97. The van der Waals surface area contributed by atoms with Crippen molar-refractivity contribution in [3.63, 3.8) is 0 Å². The lowest BCUT2D eigenvalue weighted by Gasteiger charge is -2.10. The van der Waals surface area contributed by atoms with Gasteiger partial charge in [0.25, 0.3) is 0 Å². The van der Waals surface area contributed by atoms with Gasteiger partial charge in [0.1, 0.15) is 0 Å². The maximum atomic E-state index is 13.7. The Kier molecular flexibility index (Phi) is 2.90. The van der Waals surface area contributed by atoms with Gasteiger partial charge in [0, 0.05) is 29.5 Å². The number of rotatable bonds is 2. The zero-order chi connectivity index (χ0) is 14.1. The van der Waals surface area contributed by atoms with E-state index in [2.05, 4.69) is 15.3 Å². The SMILES string of the molecule is Nc1nc(Nc2cccc3ccncc23)c(F)cc1F. The lowest BCUT2D eigenvalue weighted by Crippen LogP contribution is -2.03. The monoisotopic (exact) mass is 272 g/mol. The van der Waals surface area contributed by atoms with Crippen LogP contribution in [0.15, 0.2) is 42.7 Å². The van der Waals surface area contributed by atoms with Crippen molar-refractivity contribution in [3.05, 3.63) is 54.4 Å². The maximum Gasteiger partial charge on any atom is 0.169 e. The van der Waals surface area contributed by atoms with Crippen LogP contribution in [0.5, 0.6) is 0 Å². The van der Waals surface area contributed by atoms with Gasteiger partial charge >= 0.3 is 0 Å². The molecule has 20 heavy (non-hydrogen) atoms. The topological polar surface area (TPSA) is 63.8 Å². The van der Waals surface area contributed by atoms with Crippen LogP contribution in [0.4, 0.5) is 26.1 Å². The molecular formula is C14H10F2N4. The number of pyridine rings is 2. The number of nitrogens with one attached hydrogen (secondary N) is 1. The Morgan fingerprint density at radius 2 is 1.95 bits per heavy atom. The van der Waals surface area contributed by atoms with E-state index in [9.17, 15) is 8.78 Å². The minimum Gasteiger partial charge on any atom is -0.381 e. The molecule has 3 rings (SSSR count). The Morgan fingerprint density at radius 3 is 2.80 bits per heavy atom. The molecule has 0 aliphatic rings. The molecule has 0 aliphatic heterocycles.